The van der Waals surface area contributed by atoms with E-state index in [4.69, 9.17) is 18.9 Å². The molecule has 7 nitrogen and oxygen atoms in total. The highest BCUT2D eigenvalue weighted by Gasteiger charge is 2.04. The minimum Gasteiger partial charge on any atom is -0.494 e. The zero-order valence-corrected chi connectivity index (χ0v) is 20.8. The standard InChI is InChI=1S/C31H28O7/c1-3-29(32)36-22-6-5-21-35-26-14-12-25(13-15-26)24-10-7-23(8-11-24)9-20-31(34)38-28-18-16-27(17-19-28)37-30(33)4-2/h3-4,7-20H,1-2,5-6,21-22H2/b20-9+. The molecule has 0 saturated heterocycles. The summed E-state index contributed by atoms with van der Waals surface area (Å²) in [6, 6.07) is 21.6. The summed E-state index contributed by atoms with van der Waals surface area (Å²) in [7, 11) is 0. The molecule has 0 unspecified atom stereocenters. The van der Waals surface area contributed by atoms with Gasteiger partial charge >= 0.3 is 17.9 Å². The lowest BCUT2D eigenvalue weighted by atomic mass is 10.0. The van der Waals surface area contributed by atoms with E-state index in [2.05, 4.69) is 13.2 Å². The van der Waals surface area contributed by atoms with Crippen LogP contribution in [0.25, 0.3) is 17.2 Å². The van der Waals surface area contributed by atoms with Gasteiger partial charge in [0.1, 0.15) is 17.2 Å². The Kier molecular flexibility index (Phi) is 10.6. The summed E-state index contributed by atoms with van der Waals surface area (Å²) >= 11 is 0. The van der Waals surface area contributed by atoms with Gasteiger partial charge in [0.2, 0.25) is 0 Å². The van der Waals surface area contributed by atoms with Crippen LogP contribution in [0.2, 0.25) is 0 Å². The van der Waals surface area contributed by atoms with Gasteiger partial charge in [-0.1, -0.05) is 49.6 Å². The van der Waals surface area contributed by atoms with Crippen molar-refractivity contribution < 1.29 is 33.3 Å². The van der Waals surface area contributed by atoms with Gasteiger partial charge in [-0.3, -0.25) is 0 Å². The number of hydrogen-bond donors (Lipinski definition) is 0. The van der Waals surface area contributed by atoms with Crippen molar-refractivity contribution in [1.82, 2.24) is 0 Å². The maximum atomic E-state index is 12.1. The van der Waals surface area contributed by atoms with E-state index in [9.17, 15) is 14.4 Å². The Bertz CT molecular complexity index is 1270. The van der Waals surface area contributed by atoms with Crippen LogP contribution in [-0.2, 0) is 19.1 Å². The van der Waals surface area contributed by atoms with Crippen LogP contribution >= 0.6 is 0 Å². The maximum absolute atomic E-state index is 12.1. The van der Waals surface area contributed by atoms with Crippen molar-refractivity contribution in [2.45, 2.75) is 12.8 Å². The molecule has 0 heterocycles. The molecule has 7 heteroatoms. The lowest BCUT2D eigenvalue weighted by molar-refractivity contribution is -0.138. The molecule has 0 saturated carbocycles. The number of benzene rings is 3. The molecule has 3 rings (SSSR count). The van der Waals surface area contributed by atoms with Crippen molar-refractivity contribution in [1.29, 1.82) is 0 Å². The summed E-state index contributed by atoms with van der Waals surface area (Å²) in [6.45, 7) is 7.57. The van der Waals surface area contributed by atoms with Crippen molar-refractivity contribution in [2.24, 2.45) is 0 Å². The number of carbonyl (C=O) groups excluding carboxylic acids is 3. The number of esters is 3. The van der Waals surface area contributed by atoms with Gasteiger partial charge in [0, 0.05) is 18.2 Å². The van der Waals surface area contributed by atoms with Crippen LogP contribution in [0.5, 0.6) is 17.2 Å². The average Bonchev–Trinajstić information content (AvgIpc) is 2.95. The molecule has 0 aliphatic rings. The molecule has 0 aromatic heterocycles. The first-order valence-electron chi connectivity index (χ1n) is 11.9. The molecule has 0 aliphatic carbocycles. The summed E-state index contributed by atoms with van der Waals surface area (Å²) in [5.74, 6) is -0.0883. The molecule has 0 aliphatic heterocycles. The smallest absolute Gasteiger partial charge is 0.336 e. The van der Waals surface area contributed by atoms with Crippen molar-refractivity contribution in [2.75, 3.05) is 13.2 Å². The van der Waals surface area contributed by atoms with Crippen molar-refractivity contribution in [3.63, 3.8) is 0 Å². The van der Waals surface area contributed by atoms with Gasteiger partial charge in [-0.05, 0) is 72.0 Å². The minimum absolute atomic E-state index is 0.327. The Morgan fingerprint density at radius 3 is 1.68 bits per heavy atom. The summed E-state index contributed by atoms with van der Waals surface area (Å²) in [4.78, 5) is 34.3. The third kappa shape index (κ3) is 9.28. The molecule has 38 heavy (non-hydrogen) atoms. The number of carbonyl (C=O) groups is 3. The highest BCUT2D eigenvalue weighted by Crippen LogP contribution is 2.23. The van der Waals surface area contributed by atoms with E-state index in [1.165, 1.54) is 30.3 Å². The fraction of sp³-hybridized carbons (Fsp3) is 0.129. The van der Waals surface area contributed by atoms with Crippen LogP contribution in [0.15, 0.2) is 104 Å². The topological polar surface area (TPSA) is 88.1 Å². The summed E-state index contributed by atoms with van der Waals surface area (Å²) in [5, 5.41) is 0. The number of unbranched alkanes of at least 4 members (excludes halogenated alkanes) is 1. The number of ether oxygens (including phenoxy) is 4. The Labute approximate surface area is 221 Å². The van der Waals surface area contributed by atoms with Gasteiger partial charge in [-0.2, -0.15) is 0 Å². The van der Waals surface area contributed by atoms with E-state index in [0.29, 0.717) is 24.7 Å². The molecular formula is C31H28O7. The Balaban J connectivity index is 1.44. The molecule has 0 N–H and O–H groups in total. The summed E-state index contributed by atoms with van der Waals surface area (Å²) in [5.41, 5.74) is 2.90. The van der Waals surface area contributed by atoms with E-state index in [-0.39, 0.29) is 0 Å². The zero-order valence-electron chi connectivity index (χ0n) is 20.8. The van der Waals surface area contributed by atoms with Crippen LogP contribution in [0.1, 0.15) is 18.4 Å². The van der Waals surface area contributed by atoms with E-state index in [0.717, 1.165) is 47.4 Å². The van der Waals surface area contributed by atoms with Crippen molar-refractivity contribution in [3.8, 4) is 28.4 Å². The fourth-order valence-electron chi connectivity index (χ4n) is 3.20. The Morgan fingerprint density at radius 1 is 0.605 bits per heavy atom. The predicted octanol–water partition coefficient (Wildman–Crippen LogP) is 5.95. The van der Waals surface area contributed by atoms with E-state index in [1.807, 2.05) is 48.5 Å². The number of hydrogen-bond acceptors (Lipinski definition) is 7. The molecule has 0 radical (unpaired) electrons. The molecule has 0 spiro atoms. The Morgan fingerprint density at radius 2 is 1.11 bits per heavy atom. The van der Waals surface area contributed by atoms with Gasteiger partial charge in [0.25, 0.3) is 0 Å². The minimum atomic E-state index is -0.566. The second kappa shape index (κ2) is 14.6. The first kappa shape index (κ1) is 27.7. The summed E-state index contributed by atoms with van der Waals surface area (Å²) in [6.07, 6.45) is 6.72. The quantitative estimate of drug-likeness (QED) is 0.121. The average molecular weight is 513 g/mol. The molecule has 0 fully saturated rings. The highest BCUT2D eigenvalue weighted by molar-refractivity contribution is 5.89. The van der Waals surface area contributed by atoms with E-state index < -0.39 is 17.9 Å². The second-order valence-corrected chi connectivity index (χ2v) is 7.92. The molecule has 0 bridgehead atoms. The van der Waals surface area contributed by atoms with Gasteiger partial charge < -0.3 is 18.9 Å². The molecule has 3 aromatic rings. The third-order valence-corrected chi connectivity index (χ3v) is 5.16. The molecule has 194 valence electrons. The SMILES string of the molecule is C=CC(=O)OCCCCOc1ccc(-c2ccc(/C=C/C(=O)Oc3ccc(OC(=O)C=C)cc3)cc2)cc1. The van der Waals surface area contributed by atoms with Crippen LogP contribution in [-0.4, -0.2) is 31.1 Å². The maximum Gasteiger partial charge on any atom is 0.336 e. The highest BCUT2D eigenvalue weighted by atomic mass is 16.5. The van der Waals surface area contributed by atoms with Gasteiger partial charge in [0.05, 0.1) is 13.2 Å². The monoisotopic (exact) mass is 512 g/mol. The van der Waals surface area contributed by atoms with Crippen molar-refractivity contribution >= 4 is 24.0 Å². The van der Waals surface area contributed by atoms with Crippen LogP contribution in [0, 0.1) is 0 Å². The first-order valence-corrected chi connectivity index (χ1v) is 11.9. The van der Waals surface area contributed by atoms with Gasteiger partial charge in [0.15, 0.2) is 0 Å². The van der Waals surface area contributed by atoms with Crippen LogP contribution < -0.4 is 14.2 Å². The third-order valence-electron chi connectivity index (χ3n) is 5.16. The van der Waals surface area contributed by atoms with E-state index >= 15 is 0 Å². The lowest BCUT2D eigenvalue weighted by Gasteiger charge is -2.08. The molecule has 3 aromatic carbocycles. The Hall–Kier alpha value is -4.91. The van der Waals surface area contributed by atoms with Gasteiger partial charge in [-0.25, -0.2) is 14.4 Å². The molecule has 0 amide bonds. The number of rotatable bonds is 13. The van der Waals surface area contributed by atoms with Gasteiger partial charge in [-0.15, -0.1) is 0 Å². The van der Waals surface area contributed by atoms with Crippen molar-refractivity contribution in [3.05, 3.63) is 110 Å². The lowest BCUT2D eigenvalue weighted by Crippen LogP contribution is -2.05. The van der Waals surface area contributed by atoms with Crippen LogP contribution in [0.4, 0.5) is 0 Å². The fourth-order valence-corrected chi connectivity index (χ4v) is 3.20. The second-order valence-electron chi connectivity index (χ2n) is 7.92. The molecule has 0 atom stereocenters. The molecular weight excluding hydrogens is 484 g/mol. The zero-order chi connectivity index (χ0) is 27.2. The van der Waals surface area contributed by atoms with Crippen LogP contribution in [0.3, 0.4) is 0 Å². The first-order chi connectivity index (χ1) is 18.5. The normalized spacial score (nSPS) is 10.4. The van der Waals surface area contributed by atoms with E-state index in [1.54, 1.807) is 6.08 Å². The summed E-state index contributed by atoms with van der Waals surface area (Å²) < 4.78 is 20.9. The largest absolute Gasteiger partial charge is 0.494 e. The predicted molar refractivity (Wildman–Crippen MR) is 145 cm³/mol.